The average molecular weight is 229 g/mol. The maximum absolute atomic E-state index is 11.1. The molecule has 0 aliphatic rings. The molecular weight excluding hydrogens is 216 g/mol. The van der Waals surface area contributed by atoms with Gasteiger partial charge in [-0.2, -0.15) is 0 Å². The quantitative estimate of drug-likeness (QED) is 0.475. The molecule has 0 spiro atoms. The second-order valence-corrected chi connectivity index (χ2v) is 3.43. The van der Waals surface area contributed by atoms with Crippen LogP contribution in [0.2, 0.25) is 0 Å². The summed E-state index contributed by atoms with van der Waals surface area (Å²) >= 11 is 5.42. The van der Waals surface area contributed by atoms with E-state index in [9.17, 15) is 4.79 Å². The van der Waals surface area contributed by atoms with E-state index in [1.54, 1.807) is 18.2 Å². The summed E-state index contributed by atoms with van der Waals surface area (Å²) < 4.78 is 0. The van der Waals surface area contributed by atoms with Crippen LogP contribution < -0.4 is 10.4 Å². The van der Waals surface area contributed by atoms with Gasteiger partial charge in [-0.1, -0.05) is 6.07 Å². The molecule has 0 heterocycles. The second-order valence-electron chi connectivity index (χ2n) is 3.11. The molecule has 0 unspecified atom stereocenters. The third kappa shape index (κ3) is 2.61. The molecule has 0 radical (unpaired) electrons. The summed E-state index contributed by atoms with van der Waals surface area (Å²) in [6.45, 7) is 4.16. The number of halogens is 1. The first-order chi connectivity index (χ1) is 7.10. The first-order valence-corrected chi connectivity index (χ1v) is 4.95. The first-order valence-electron chi connectivity index (χ1n) is 4.58. The van der Waals surface area contributed by atoms with Crippen LogP contribution in [0.15, 0.2) is 18.2 Å². The van der Waals surface area contributed by atoms with Gasteiger partial charge in [-0.15, -0.1) is 0 Å². The Morgan fingerprint density at radius 1 is 1.60 bits per heavy atom. The molecular formula is C10H13ClN2O2. The van der Waals surface area contributed by atoms with Crippen molar-refractivity contribution in [3.8, 4) is 0 Å². The minimum absolute atomic E-state index is 0.482. The van der Waals surface area contributed by atoms with Gasteiger partial charge in [0.25, 0.3) is 0 Å². The highest BCUT2D eigenvalue weighted by Crippen LogP contribution is 2.23. The lowest BCUT2D eigenvalue weighted by Crippen LogP contribution is -2.25. The largest absolute Gasteiger partial charge is 0.320 e. The number of aryl methyl sites for hydroxylation is 1. The molecule has 82 valence electrons. The minimum atomic E-state index is -0.537. The van der Waals surface area contributed by atoms with E-state index in [-0.39, 0.29) is 0 Å². The minimum Gasteiger partial charge on any atom is -0.299 e. The SMILES string of the molecule is CCN(C(=O)Cl)c1ccc(C)c(NO)c1. The summed E-state index contributed by atoms with van der Waals surface area (Å²) in [5.74, 6) is 0. The van der Waals surface area contributed by atoms with Crippen molar-refractivity contribution < 1.29 is 10.0 Å². The lowest BCUT2D eigenvalue weighted by Gasteiger charge is -2.18. The molecule has 2 N–H and O–H groups in total. The van der Waals surface area contributed by atoms with Crippen molar-refractivity contribution in [2.45, 2.75) is 13.8 Å². The van der Waals surface area contributed by atoms with E-state index in [4.69, 9.17) is 16.8 Å². The van der Waals surface area contributed by atoms with Crippen molar-refractivity contribution in [1.29, 1.82) is 0 Å². The van der Waals surface area contributed by atoms with E-state index in [1.807, 2.05) is 13.8 Å². The molecule has 1 aromatic carbocycles. The van der Waals surface area contributed by atoms with Crippen molar-refractivity contribution in [3.63, 3.8) is 0 Å². The Bertz CT molecular complexity index is 368. The summed E-state index contributed by atoms with van der Waals surface area (Å²) in [5, 5.41) is 8.31. The van der Waals surface area contributed by atoms with Crippen molar-refractivity contribution in [2.24, 2.45) is 0 Å². The van der Waals surface area contributed by atoms with Crippen LogP contribution in [0.3, 0.4) is 0 Å². The Balaban J connectivity index is 3.09. The molecule has 0 saturated carbocycles. The Hall–Kier alpha value is -1.26. The summed E-state index contributed by atoms with van der Waals surface area (Å²) in [6, 6.07) is 5.25. The van der Waals surface area contributed by atoms with Crippen LogP contribution in [0.25, 0.3) is 0 Å². The van der Waals surface area contributed by atoms with Gasteiger partial charge in [0.2, 0.25) is 0 Å². The molecule has 1 amide bonds. The van der Waals surface area contributed by atoms with Crippen LogP contribution in [0, 0.1) is 6.92 Å². The van der Waals surface area contributed by atoms with Crippen molar-refractivity contribution >= 4 is 28.3 Å². The lowest BCUT2D eigenvalue weighted by molar-refractivity contribution is 0.264. The van der Waals surface area contributed by atoms with E-state index in [0.717, 1.165) is 5.56 Å². The zero-order valence-corrected chi connectivity index (χ0v) is 9.38. The molecule has 15 heavy (non-hydrogen) atoms. The van der Waals surface area contributed by atoms with Gasteiger partial charge < -0.3 is 0 Å². The maximum Gasteiger partial charge on any atom is 0.320 e. The number of benzene rings is 1. The van der Waals surface area contributed by atoms with Crippen LogP contribution in [-0.2, 0) is 0 Å². The summed E-state index contributed by atoms with van der Waals surface area (Å²) in [6.07, 6.45) is 0. The van der Waals surface area contributed by atoms with Crippen LogP contribution in [0.5, 0.6) is 0 Å². The summed E-state index contributed by atoms with van der Waals surface area (Å²) in [5.41, 5.74) is 4.17. The number of carbonyl (C=O) groups is 1. The van der Waals surface area contributed by atoms with Crippen molar-refractivity contribution in [2.75, 3.05) is 16.9 Å². The normalized spacial score (nSPS) is 9.87. The third-order valence-electron chi connectivity index (χ3n) is 2.18. The fraction of sp³-hybridized carbons (Fsp3) is 0.300. The molecule has 0 fully saturated rings. The van der Waals surface area contributed by atoms with Gasteiger partial charge in [0.05, 0.1) is 5.69 Å². The lowest BCUT2D eigenvalue weighted by atomic mass is 10.2. The van der Waals surface area contributed by atoms with Crippen molar-refractivity contribution in [3.05, 3.63) is 23.8 Å². The Kier molecular flexibility index (Phi) is 3.94. The zero-order valence-electron chi connectivity index (χ0n) is 8.62. The van der Waals surface area contributed by atoms with Crippen molar-refractivity contribution in [1.82, 2.24) is 0 Å². The smallest absolute Gasteiger partial charge is 0.299 e. The highest BCUT2D eigenvalue weighted by atomic mass is 35.5. The summed E-state index contributed by atoms with van der Waals surface area (Å²) in [4.78, 5) is 12.5. The maximum atomic E-state index is 11.1. The van der Waals surface area contributed by atoms with E-state index >= 15 is 0 Å². The van der Waals surface area contributed by atoms with E-state index in [0.29, 0.717) is 17.9 Å². The topological polar surface area (TPSA) is 52.6 Å². The van der Waals surface area contributed by atoms with E-state index in [2.05, 4.69) is 5.48 Å². The van der Waals surface area contributed by atoms with Gasteiger partial charge in [0.1, 0.15) is 0 Å². The van der Waals surface area contributed by atoms with Crippen LogP contribution >= 0.6 is 11.6 Å². The highest BCUT2D eigenvalue weighted by Gasteiger charge is 2.11. The van der Waals surface area contributed by atoms with Crippen LogP contribution in [0.4, 0.5) is 16.2 Å². The number of hydrogen-bond acceptors (Lipinski definition) is 3. The Morgan fingerprint density at radius 3 is 2.73 bits per heavy atom. The van der Waals surface area contributed by atoms with Gasteiger partial charge in [-0.05, 0) is 43.1 Å². The Labute approximate surface area is 93.4 Å². The predicted molar refractivity (Wildman–Crippen MR) is 60.9 cm³/mol. The number of anilines is 2. The number of rotatable bonds is 3. The highest BCUT2D eigenvalue weighted by molar-refractivity contribution is 6.66. The second kappa shape index (κ2) is 5.00. The van der Waals surface area contributed by atoms with Gasteiger partial charge >= 0.3 is 5.37 Å². The fourth-order valence-electron chi connectivity index (χ4n) is 1.31. The molecule has 0 bridgehead atoms. The molecule has 1 aromatic rings. The van der Waals surface area contributed by atoms with E-state index < -0.39 is 5.37 Å². The standard InChI is InChI=1S/C10H13ClN2O2/c1-3-13(10(11)14)8-5-4-7(2)9(6-8)12-15/h4-6,12,15H,3H2,1-2H3. The van der Waals surface area contributed by atoms with Gasteiger partial charge in [0, 0.05) is 12.2 Å². The number of nitrogens with zero attached hydrogens (tertiary/aromatic N) is 1. The molecule has 0 saturated heterocycles. The number of nitrogens with one attached hydrogen (secondary N) is 1. The Morgan fingerprint density at radius 2 is 2.27 bits per heavy atom. The molecule has 0 aliphatic heterocycles. The molecule has 0 atom stereocenters. The predicted octanol–water partition coefficient (Wildman–Crippen LogP) is 2.98. The monoisotopic (exact) mass is 228 g/mol. The number of amides is 1. The van der Waals surface area contributed by atoms with Gasteiger partial charge in [-0.25, -0.2) is 0 Å². The van der Waals surface area contributed by atoms with Crippen LogP contribution in [-0.4, -0.2) is 17.1 Å². The van der Waals surface area contributed by atoms with Gasteiger partial charge in [-0.3, -0.25) is 20.4 Å². The molecule has 5 heteroatoms. The number of carbonyl (C=O) groups excluding carboxylic acids is 1. The molecule has 1 rings (SSSR count). The van der Waals surface area contributed by atoms with Crippen LogP contribution in [0.1, 0.15) is 12.5 Å². The third-order valence-corrected chi connectivity index (χ3v) is 2.39. The average Bonchev–Trinajstić information content (AvgIpc) is 2.21. The molecule has 0 aliphatic carbocycles. The number of hydrogen-bond donors (Lipinski definition) is 2. The first kappa shape index (κ1) is 11.8. The zero-order chi connectivity index (χ0) is 11.4. The fourth-order valence-corrected chi connectivity index (χ4v) is 1.52. The molecule has 0 aromatic heterocycles. The van der Waals surface area contributed by atoms with Gasteiger partial charge in [0.15, 0.2) is 0 Å². The van der Waals surface area contributed by atoms with E-state index in [1.165, 1.54) is 4.90 Å². The molecule has 4 nitrogen and oxygen atoms in total. The summed E-state index contributed by atoms with van der Waals surface area (Å²) in [7, 11) is 0.